The Kier molecular flexibility index (Phi) is 7.22. The Labute approximate surface area is 132 Å². The second-order valence-electron chi connectivity index (χ2n) is 5.34. The molecule has 0 N–H and O–H groups in total. The number of aromatic nitrogens is 2. The van der Waals surface area contributed by atoms with Gasteiger partial charge in [-0.05, 0) is 30.6 Å². The lowest BCUT2D eigenvalue weighted by Crippen LogP contribution is -2.12. The normalized spacial score (nSPS) is 11.6. The lowest BCUT2D eigenvalue weighted by atomic mass is 9.99. The largest absolute Gasteiger partial charge is 0.358 e. The van der Waals surface area contributed by atoms with Crippen molar-refractivity contribution in [1.29, 1.82) is 0 Å². The van der Waals surface area contributed by atoms with E-state index in [1.165, 1.54) is 0 Å². The van der Waals surface area contributed by atoms with Gasteiger partial charge in [0, 0.05) is 17.6 Å². The van der Waals surface area contributed by atoms with Crippen molar-refractivity contribution < 1.29 is 4.92 Å². The molecule has 1 rings (SSSR count). The summed E-state index contributed by atoms with van der Waals surface area (Å²) in [6, 6.07) is 0. The summed E-state index contributed by atoms with van der Waals surface area (Å²) in [5.74, 6) is 2.04. The van der Waals surface area contributed by atoms with E-state index in [-0.39, 0.29) is 22.6 Å². The van der Waals surface area contributed by atoms with Gasteiger partial charge in [-0.3, -0.25) is 0 Å². The number of rotatable bonds is 9. The van der Waals surface area contributed by atoms with E-state index >= 15 is 0 Å². The van der Waals surface area contributed by atoms with E-state index in [1.54, 1.807) is 4.57 Å². The highest BCUT2D eigenvalue weighted by molar-refractivity contribution is 7.80. The van der Waals surface area contributed by atoms with E-state index in [1.807, 2.05) is 0 Å². The molecule has 0 saturated heterocycles. The molecule has 0 saturated carbocycles. The van der Waals surface area contributed by atoms with Gasteiger partial charge in [-0.1, -0.05) is 27.7 Å². The highest BCUT2D eigenvalue weighted by atomic mass is 32.1. The first kappa shape index (κ1) is 18.0. The van der Waals surface area contributed by atoms with Gasteiger partial charge in [-0.15, -0.1) is 0 Å². The maximum atomic E-state index is 11.6. The summed E-state index contributed by atoms with van der Waals surface area (Å²) < 4.78 is 1.79. The Hall–Kier alpha value is -1.04. The standard InChI is InChI=1S/C15H27N3O2S/c1-5-11(6-2)13-15(18(19)20)17(9-10-21)14(16-13)12(7-3)8-4/h11-12,21H,5-10H2,1-4H3. The van der Waals surface area contributed by atoms with Gasteiger partial charge in [0.15, 0.2) is 5.82 Å². The minimum atomic E-state index is -0.268. The summed E-state index contributed by atoms with van der Waals surface area (Å²) in [6.45, 7) is 8.88. The molecule has 1 aromatic heterocycles. The number of hydrogen-bond donors (Lipinski definition) is 1. The molecule has 0 fully saturated rings. The van der Waals surface area contributed by atoms with Crippen molar-refractivity contribution in [1.82, 2.24) is 9.55 Å². The average molecular weight is 313 g/mol. The second kappa shape index (κ2) is 8.41. The minimum Gasteiger partial charge on any atom is -0.358 e. The fraction of sp³-hybridized carbons (Fsp3) is 0.800. The first-order valence-electron chi connectivity index (χ1n) is 7.90. The van der Waals surface area contributed by atoms with Crippen LogP contribution in [0.1, 0.15) is 76.7 Å². The first-order chi connectivity index (χ1) is 10.0. The monoisotopic (exact) mass is 313 g/mol. The predicted molar refractivity (Wildman–Crippen MR) is 89.4 cm³/mol. The Morgan fingerprint density at radius 2 is 1.67 bits per heavy atom. The van der Waals surface area contributed by atoms with Gasteiger partial charge in [-0.2, -0.15) is 12.6 Å². The zero-order valence-electron chi connectivity index (χ0n) is 13.5. The molecule has 0 bridgehead atoms. The van der Waals surface area contributed by atoms with Crippen LogP contribution in [0.15, 0.2) is 0 Å². The SMILES string of the molecule is CCC(CC)c1nc(C(CC)CC)n(CCS)c1[N+](=O)[O-]. The van der Waals surface area contributed by atoms with E-state index in [4.69, 9.17) is 4.98 Å². The molecule has 0 amide bonds. The maximum absolute atomic E-state index is 11.6. The predicted octanol–water partition coefficient (Wildman–Crippen LogP) is 4.53. The van der Waals surface area contributed by atoms with E-state index in [2.05, 4.69) is 40.3 Å². The number of nitrogens with zero attached hydrogens (tertiary/aromatic N) is 3. The molecule has 6 heteroatoms. The van der Waals surface area contributed by atoms with Gasteiger partial charge >= 0.3 is 5.82 Å². The molecule has 1 aromatic rings. The molecule has 0 radical (unpaired) electrons. The number of nitro groups is 1. The van der Waals surface area contributed by atoms with Crippen LogP contribution in [-0.4, -0.2) is 20.2 Å². The molecule has 0 spiro atoms. The van der Waals surface area contributed by atoms with Gasteiger partial charge in [0.25, 0.3) is 0 Å². The quantitative estimate of drug-likeness (QED) is 0.414. The number of imidazole rings is 1. The lowest BCUT2D eigenvalue weighted by Gasteiger charge is -2.10. The van der Waals surface area contributed by atoms with Crippen LogP contribution in [-0.2, 0) is 6.54 Å². The van der Waals surface area contributed by atoms with E-state index in [9.17, 15) is 10.1 Å². The van der Waals surface area contributed by atoms with Crippen molar-refractivity contribution >= 4 is 18.4 Å². The van der Waals surface area contributed by atoms with Gasteiger partial charge in [0.05, 0.1) is 0 Å². The molecule has 0 aliphatic carbocycles. The fourth-order valence-electron chi connectivity index (χ4n) is 2.91. The van der Waals surface area contributed by atoms with Crippen molar-refractivity contribution in [2.75, 3.05) is 5.75 Å². The Balaban J connectivity index is 3.50. The Bertz CT molecular complexity index is 466. The van der Waals surface area contributed by atoms with Crippen molar-refractivity contribution in [3.8, 4) is 0 Å². The molecule has 0 aliphatic rings. The number of thiol groups is 1. The van der Waals surface area contributed by atoms with Crippen molar-refractivity contribution in [2.45, 2.75) is 71.8 Å². The molecule has 120 valence electrons. The average Bonchev–Trinajstić information content (AvgIpc) is 2.82. The molecule has 0 unspecified atom stereocenters. The summed E-state index contributed by atoms with van der Waals surface area (Å²) >= 11 is 4.26. The van der Waals surface area contributed by atoms with E-state index in [0.717, 1.165) is 31.5 Å². The van der Waals surface area contributed by atoms with Crippen LogP contribution < -0.4 is 0 Å². The van der Waals surface area contributed by atoms with Crippen molar-refractivity contribution in [3.63, 3.8) is 0 Å². The Morgan fingerprint density at radius 1 is 1.14 bits per heavy atom. The first-order valence-corrected chi connectivity index (χ1v) is 8.54. The van der Waals surface area contributed by atoms with Crippen LogP contribution >= 0.6 is 12.6 Å². The molecule has 0 aromatic carbocycles. The summed E-state index contributed by atoms with van der Waals surface area (Å²) in [5.41, 5.74) is 0.661. The van der Waals surface area contributed by atoms with Crippen molar-refractivity contribution in [2.24, 2.45) is 0 Å². The van der Waals surface area contributed by atoms with Crippen LogP contribution in [0, 0.1) is 10.1 Å². The molecule has 5 nitrogen and oxygen atoms in total. The molecular weight excluding hydrogens is 286 g/mol. The third-order valence-corrected chi connectivity index (χ3v) is 4.42. The van der Waals surface area contributed by atoms with Gasteiger partial charge in [-0.25, -0.2) is 9.55 Å². The molecule has 0 atom stereocenters. The van der Waals surface area contributed by atoms with Gasteiger partial charge < -0.3 is 10.1 Å². The van der Waals surface area contributed by atoms with E-state index < -0.39 is 0 Å². The zero-order chi connectivity index (χ0) is 16.0. The number of hydrogen-bond acceptors (Lipinski definition) is 4. The Morgan fingerprint density at radius 3 is 2.05 bits per heavy atom. The molecule has 21 heavy (non-hydrogen) atoms. The van der Waals surface area contributed by atoms with Gasteiger partial charge in [0.2, 0.25) is 0 Å². The minimum absolute atomic E-state index is 0.152. The highest BCUT2D eigenvalue weighted by Crippen LogP contribution is 2.35. The van der Waals surface area contributed by atoms with Crippen LogP contribution in [0.4, 0.5) is 5.82 Å². The second-order valence-corrected chi connectivity index (χ2v) is 5.79. The maximum Gasteiger partial charge on any atom is 0.346 e. The third-order valence-electron chi connectivity index (χ3n) is 4.22. The topological polar surface area (TPSA) is 61.0 Å². The van der Waals surface area contributed by atoms with Crippen LogP contribution in [0.3, 0.4) is 0 Å². The van der Waals surface area contributed by atoms with Crippen LogP contribution in [0.5, 0.6) is 0 Å². The molecule has 1 heterocycles. The van der Waals surface area contributed by atoms with E-state index in [0.29, 0.717) is 18.0 Å². The molecular formula is C15H27N3O2S. The van der Waals surface area contributed by atoms with Crippen molar-refractivity contribution in [3.05, 3.63) is 21.6 Å². The summed E-state index contributed by atoms with van der Waals surface area (Å²) in [5, 5.41) is 11.6. The summed E-state index contributed by atoms with van der Waals surface area (Å²) in [4.78, 5) is 16.0. The van der Waals surface area contributed by atoms with Crippen LogP contribution in [0.2, 0.25) is 0 Å². The lowest BCUT2D eigenvalue weighted by molar-refractivity contribution is -0.393. The summed E-state index contributed by atoms with van der Waals surface area (Å²) in [7, 11) is 0. The summed E-state index contributed by atoms with van der Waals surface area (Å²) in [6.07, 6.45) is 3.63. The van der Waals surface area contributed by atoms with Crippen LogP contribution in [0.25, 0.3) is 0 Å². The third kappa shape index (κ3) is 3.78. The smallest absolute Gasteiger partial charge is 0.346 e. The highest BCUT2D eigenvalue weighted by Gasteiger charge is 2.32. The fourth-order valence-corrected chi connectivity index (χ4v) is 3.11. The zero-order valence-corrected chi connectivity index (χ0v) is 14.4. The van der Waals surface area contributed by atoms with Gasteiger partial charge in [0.1, 0.15) is 12.2 Å². The molecule has 0 aliphatic heterocycles.